The van der Waals surface area contributed by atoms with Gasteiger partial charge in [-0.2, -0.15) is 10.4 Å². The first-order valence-corrected chi connectivity index (χ1v) is 4.43. The molecule has 2 rings (SSSR count). The molecule has 0 saturated carbocycles. The fourth-order valence-corrected chi connectivity index (χ4v) is 1.77. The molecule has 1 aromatic heterocycles. The maximum absolute atomic E-state index is 8.84. The average molecular weight is 176 g/mol. The quantitative estimate of drug-likeness (QED) is 0.555. The van der Waals surface area contributed by atoms with Gasteiger partial charge in [-0.1, -0.05) is 0 Å². The lowest BCUT2D eigenvalue weighted by Crippen LogP contribution is -2.33. The zero-order valence-corrected chi connectivity index (χ0v) is 7.86. The number of rotatable bonds is 0. The van der Waals surface area contributed by atoms with Crippen molar-refractivity contribution in [2.75, 3.05) is 6.54 Å². The topological polar surface area (TPSA) is 44.9 Å². The van der Waals surface area contributed by atoms with Gasteiger partial charge in [0.1, 0.15) is 0 Å². The van der Waals surface area contributed by atoms with E-state index in [2.05, 4.69) is 11.3 Å². The van der Waals surface area contributed by atoms with E-state index in [4.69, 9.17) is 5.26 Å². The van der Waals surface area contributed by atoms with Crippen LogP contribution in [0.2, 0.25) is 0 Å². The van der Waals surface area contributed by atoms with Crippen molar-refractivity contribution < 1.29 is 0 Å². The molecule has 0 N–H and O–H groups in total. The van der Waals surface area contributed by atoms with Crippen molar-refractivity contribution >= 4 is 0 Å². The van der Waals surface area contributed by atoms with Crippen molar-refractivity contribution in [2.45, 2.75) is 26.4 Å². The number of hydrogen-bond acceptors (Lipinski definition) is 3. The first kappa shape index (κ1) is 8.11. The molecule has 2 heterocycles. The Morgan fingerprint density at radius 2 is 2.38 bits per heavy atom. The third kappa shape index (κ3) is 1.17. The van der Waals surface area contributed by atoms with Crippen LogP contribution >= 0.6 is 0 Å². The predicted octanol–water partition coefficient (Wildman–Crippen LogP) is 1.05. The highest BCUT2D eigenvalue weighted by molar-refractivity contribution is 5.15. The van der Waals surface area contributed by atoms with Crippen molar-refractivity contribution in [1.82, 2.24) is 14.7 Å². The molecule has 0 aliphatic carbocycles. The number of fused-ring (bicyclic) bond motifs is 1. The monoisotopic (exact) mass is 176 g/mol. The van der Waals surface area contributed by atoms with Crippen LogP contribution in [0.4, 0.5) is 0 Å². The van der Waals surface area contributed by atoms with E-state index in [0.717, 1.165) is 24.5 Å². The lowest BCUT2D eigenvalue weighted by molar-refractivity contribution is 0.242. The highest BCUT2D eigenvalue weighted by Crippen LogP contribution is 2.24. The second kappa shape index (κ2) is 2.77. The van der Waals surface area contributed by atoms with E-state index < -0.39 is 0 Å². The molecule has 0 spiro atoms. The Balaban J connectivity index is 2.39. The summed E-state index contributed by atoms with van der Waals surface area (Å²) in [5.74, 6) is 0. The van der Waals surface area contributed by atoms with Gasteiger partial charge in [-0.15, -0.1) is 0 Å². The molecule has 1 aliphatic heterocycles. The fourth-order valence-electron chi connectivity index (χ4n) is 1.77. The number of aromatic nitrogens is 2. The first-order valence-electron chi connectivity index (χ1n) is 4.43. The summed E-state index contributed by atoms with van der Waals surface area (Å²) in [4.78, 5) is 1.79. The van der Waals surface area contributed by atoms with Gasteiger partial charge in [-0.3, -0.25) is 4.68 Å². The first-order chi connectivity index (χ1) is 6.22. The van der Waals surface area contributed by atoms with Crippen LogP contribution in [0.5, 0.6) is 0 Å². The van der Waals surface area contributed by atoms with Crippen LogP contribution in [0, 0.1) is 18.4 Å². The van der Waals surface area contributed by atoms with Crippen LogP contribution in [-0.4, -0.2) is 21.2 Å². The summed E-state index contributed by atoms with van der Waals surface area (Å²) < 4.78 is 1.99. The van der Waals surface area contributed by atoms with E-state index >= 15 is 0 Å². The van der Waals surface area contributed by atoms with Gasteiger partial charge in [-0.25, -0.2) is 0 Å². The molecule has 0 aromatic carbocycles. The number of aryl methyl sites for hydroxylation is 1. The normalized spacial score (nSPS) is 21.0. The highest BCUT2D eigenvalue weighted by Gasteiger charge is 2.23. The third-order valence-corrected chi connectivity index (χ3v) is 2.51. The Kier molecular flexibility index (Phi) is 1.73. The van der Waals surface area contributed by atoms with Gasteiger partial charge >= 0.3 is 0 Å². The van der Waals surface area contributed by atoms with Crippen LogP contribution in [-0.2, 0) is 6.54 Å². The minimum absolute atomic E-state index is 0.167. The zero-order chi connectivity index (χ0) is 9.42. The maximum Gasteiger partial charge on any atom is 0.180 e. The Morgan fingerprint density at radius 1 is 1.62 bits per heavy atom. The molecule has 68 valence electrons. The second-order valence-electron chi connectivity index (χ2n) is 3.40. The molecule has 0 saturated heterocycles. The van der Waals surface area contributed by atoms with Gasteiger partial charge < -0.3 is 4.90 Å². The zero-order valence-electron chi connectivity index (χ0n) is 7.86. The predicted molar refractivity (Wildman–Crippen MR) is 47.7 cm³/mol. The molecule has 1 unspecified atom stereocenters. The molecule has 13 heavy (non-hydrogen) atoms. The van der Waals surface area contributed by atoms with E-state index in [1.165, 1.54) is 0 Å². The van der Waals surface area contributed by atoms with Gasteiger partial charge in [0.25, 0.3) is 0 Å². The van der Waals surface area contributed by atoms with E-state index in [1.807, 2.05) is 24.6 Å². The summed E-state index contributed by atoms with van der Waals surface area (Å²) in [5, 5.41) is 13.2. The van der Waals surface area contributed by atoms with Crippen LogP contribution in [0.15, 0.2) is 6.07 Å². The van der Waals surface area contributed by atoms with E-state index in [1.54, 1.807) is 4.90 Å². The van der Waals surface area contributed by atoms with Crippen LogP contribution in [0.3, 0.4) is 0 Å². The largest absolute Gasteiger partial charge is 0.300 e. The van der Waals surface area contributed by atoms with Gasteiger partial charge in [0, 0.05) is 6.54 Å². The fraction of sp³-hybridized carbons (Fsp3) is 0.556. The summed E-state index contributed by atoms with van der Waals surface area (Å²) in [6, 6.07) is 2.22. The third-order valence-electron chi connectivity index (χ3n) is 2.51. The van der Waals surface area contributed by atoms with Crippen LogP contribution < -0.4 is 0 Å². The molecule has 0 fully saturated rings. The van der Waals surface area contributed by atoms with Crippen molar-refractivity contribution in [3.63, 3.8) is 0 Å². The Bertz CT molecular complexity index is 360. The number of nitrogens with zero attached hydrogens (tertiary/aromatic N) is 4. The Hall–Kier alpha value is -1.50. The Labute approximate surface area is 77.4 Å². The van der Waals surface area contributed by atoms with Crippen molar-refractivity contribution in [3.8, 4) is 6.19 Å². The standard InChI is InChI=1S/C9H12N4/c1-7-5-9-8(2)12(6-10)3-4-13(9)11-7/h5,8H,3-4H2,1-2H3. The van der Waals surface area contributed by atoms with E-state index in [-0.39, 0.29) is 6.04 Å². The molecule has 4 heteroatoms. The van der Waals surface area contributed by atoms with Crippen LogP contribution in [0.1, 0.15) is 24.4 Å². The highest BCUT2D eigenvalue weighted by atomic mass is 15.3. The molecule has 0 radical (unpaired) electrons. The van der Waals surface area contributed by atoms with Gasteiger partial charge in [0.2, 0.25) is 0 Å². The minimum atomic E-state index is 0.167. The molecule has 0 bridgehead atoms. The summed E-state index contributed by atoms with van der Waals surface area (Å²) in [5.41, 5.74) is 2.17. The summed E-state index contributed by atoms with van der Waals surface area (Å²) in [7, 11) is 0. The molecule has 1 atom stereocenters. The molecule has 1 aromatic rings. The second-order valence-corrected chi connectivity index (χ2v) is 3.40. The van der Waals surface area contributed by atoms with E-state index in [9.17, 15) is 0 Å². The minimum Gasteiger partial charge on any atom is -0.300 e. The lowest BCUT2D eigenvalue weighted by Gasteiger charge is -2.29. The lowest BCUT2D eigenvalue weighted by atomic mass is 10.1. The molecule has 0 amide bonds. The van der Waals surface area contributed by atoms with Gasteiger partial charge in [0.15, 0.2) is 6.19 Å². The number of hydrogen-bond donors (Lipinski definition) is 0. The van der Waals surface area contributed by atoms with Gasteiger partial charge in [-0.05, 0) is 19.9 Å². The SMILES string of the molecule is Cc1cc2n(n1)CCN(C#N)C2C. The number of nitriles is 1. The summed E-state index contributed by atoms with van der Waals surface area (Å²) in [6.07, 6.45) is 2.20. The summed E-state index contributed by atoms with van der Waals surface area (Å²) >= 11 is 0. The van der Waals surface area contributed by atoms with Crippen molar-refractivity contribution in [2.24, 2.45) is 0 Å². The molecular weight excluding hydrogens is 164 g/mol. The average Bonchev–Trinajstić information content (AvgIpc) is 2.47. The van der Waals surface area contributed by atoms with Crippen molar-refractivity contribution in [3.05, 3.63) is 17.5 Å². The van der Waals surface area contributed by atoms with E-state index in [0.29, 0.717) is 0 Å². The smallest absolute Gasteiger partial charge is 0.180 e. The van der Waals surface area contributed by atoms with Crippen molar-refractivity contribution in [1.29, 1.82) is 5.26 Å². The summed E-state index contributed by atoms with van der Waals surface area (Å²) in [6.45, 7) is 5.61. The van der Waals surface area contributed by atoms with Gasteiger partial charge in [0.05, 0.1) is 24.0 Å². The van der Waals surface area contributed by atoms with Crippen LogP contribution in [0.25, 0.3) is 0 Å². The molecular formula is C9H12N4. The molecule has 4 nitrogen and oxygen atoms in total. The maximum atomic E-state index is 8.84. The molecule has 1 aliphatic rings. The Morgan fingerprint density at radius 3 is 3.08 bits per heavy atom.